The minimum Gasteiger partial charge on any atom is -0.398 e. The standard InChI is InChI=1S/C13H19N3OS/c1-16(2)5-6-18-12-8-11-9(7-10(12)14)3-4-13(17)15-11/h7-8H,3-6,14H2,1-2H3,(H,15,17). The lowest BCUT2D eigenvalue weighted by Crippen LogP contribution is -2.19. The first-order chi connectivity index (χ1) is 8.56. The number of anilines is 2. The van der Waals surface area contributed by atoms with E-state index in [0.717, 1.165) is 40.6 Å². The molecule has 2 rings (SSSR count). The Hall–Kier alpha value is -1.20. The number of hydrogen-bond acceptors (Lipinski definition) is 4. The van der Waals surface area contributed by atoms with Gasteiger partial charge in [-0.15, -0.1) is 11.8 Å². The maximum absolute atomic E-state index is 11.4. The van der Waals surface area contributed by atoms with Gasteiger partial charge in [0.25, 0.3) is 0 Å². The third-order valence-corrected chi connectivity index (χ3v) is 3.98. The van der Waals surface area contributed by atoms with E-state index in [4.69, 9.17) is 5.73 Å². The second kappa shape index (κ2) is 5.63. The average Bonchev–Trinajstić information content (AvgIpc) is 2.30. The number of fused-ring (bicyclic) bond motifs is 1. The molecule has 0 saturated carbocycles. The van der Waals surface area contributed by atoms with Crippen LogP contribution < -0.4 is 11.1 Å². The van der Waals surface area contributed by atoms with Crippen LogP contribution in [0.15, 0.2) is 17.0 Å². The molecule has 0 aliphatic carbocycles. The van der Waals surface area contributed by atoms with Crippen LogP contribution in [0, 0.1) is 0 Å². The summed E-state index contributed by atoms with van der Waals surface area (Å²) in [5.74, 6) is 1.08. The summed E-state index contributed by atoms with van der Waals surface area (Å²) in [6.45, 7) is 1.01. The van der Waals surface area contributed by atoms with Gasteiger partial charge < -0.3 is 16.0 Å². The normalized spacial score (nSPS) is 14.5. The fraction of sp³-hybridized carbons (Fsp3) is 0.462. The summed E-state index contributed by atoms with van der Waals surface area (Å²) in [6, 6.07) is 3.99. The molecule has 0 spiro atoms. The predicted molar refractivity (Wildman–Crippen MR) is 77.1 cm³/mol. The number of nitrogen functional groups attached to an aromatic ring is 1. The third-order valence-electron chi connectivity index (χ3n) is 2.93. The number of rotatable bonds is 4. The summed E-state index contributed by atoms with van der Waals surface area (Å²) in [5.41, 5.74) is 8.93. The van der Waals surface area contributed by atoms with E-state index in [1.165, 1.54) is 0 Å². The molecule has 0 fully saturated rings. The molecule has 1 aromatic rings. The molecule has 0 atom stereocenters. The molecular weight excluding hydrogens is 246 g/mol. The molecule has 0 saturated heterocycles. The van der Waals surface area contributed by atoms with Crippen LogP contribution in [0.2, 0.25) is 0 Å². The Morgan fingerprint density at radius 1 is 1.39 bits per heavy atom. The second-order valence-corrected chi connectivity index (χ2v) is 5.88. The lowest BCUT2D eigenvalue weighted by atomic mass is 10.0. The lowest BCUT2D eigenvalue weighted by molar-refractivity contribution is -0.116. The van der Waals surface area contributed by atoms with Gasteiger partial charge in [0, 0.05) is 35.0 Å². The summed E-state index contributed by atoms with van der Waals surface area (Å²) < 4.78 is 0. The van der Waals surface area contributed by atoms with Crippen molar-refractivity contribution in [3.63, 3.8) is 0 Å². The average molecular weight is 265 g/mol. The van der Waals surface area contributed by atoms with Crippen molar-refractivity contribution in [3.8, 4) is 0 Å². The van der Waals surface area contributed by atoms with Crippen molar-refractivity contribution in [2.75, 3.05) is 37.4 Å². The first kappa shape index (κ1) is 13.2. The van der Waals surface area contributed by atoms with Gasteiger partial charge in [-0.2, -0.15) is 0 Å². The number of carbonyl (C=O) groups is 1. The zero-order valence-electron chi connectivity index (χ0n) is 10.8. The van der Waals surface area contributed by atoms with Crippen LogP contribution in [0.4, 0.5) is 11.4 Å². The monoisotopic (exact) mass is 265 g/mol. The maximum atomic E-state index is 11.4. The number of nitrogens with one attached hydrogen (secondary N) is 1. The fourth-order valence-corrected chi connectivity index (χ4v) is 2.99. The summed E-state index contributed by atoms with van der Waals surface area (Å²) >= 11 is 1.73. The molecule has 1 aromatic carbocycles. The van der Waals surface area contributed by atoms with Crippen molar-refractivity contribution >= 4 is 29.0 Å². The highest BCUT2D eigenvalue weighted by atomic mass is 32.2. The summed E-state index contributed by atoms with van der Waals surface area (Å²) in [7, 11) is 4.11. The molecule has 0 bridgehead atoms. The number of hydrogen-bond donors (Lipinski definition) is 2. The lowest BCUT2D eigenvalue weighted by Gasteiger charge is -2.19. The minimum absolute atomic E-state index is 0.0940. The predicted octanol–water partition coefficient (Wildman–Crippen LogP) is 1.81. The largest absolute Gasteiger partial charge is 0.398 e. The topological polar surface area (TPSA) is 58.4 Å². The number of aryl methyl sites for hydroxylation is 1. The smallest absolute Gasteiger partial charge is 0.224 e. The van der Waals surface area contributed by atoms with E-state index in [1.54, 1.807) is 11.8 Å². The number of thioether (sulfide) groups is 1. The van der Waals surface area contributed by atoms with E-state index in [1.807, 2.05) is 12.1 Å². The van der Waals surface area contributed by atoms with Crippen molar-refractivity contribution in [1.29, 1.82) is 0 Å². The molecule has 0 radical (unpaired) electrons. The van der Waals surface area contributed by atoms with Crippen LogP contribution in [0.5, 0.6) is 0 Å². The van der Waals surface area contributed by atoms with Gasteiger partial charge in [0.05, 0.1) is 0 Å². The molecule has 3 N–H and O–H groups in total. The molecule has 1 amide bonds. The van der Waals surface area contributed by atoms with Gasteiger partial charge in [-0.1, -0.05) is 0 Å². The van der Waals surface area contributed by atoms with E-state index in [9.17, 15) is 4.79 Å². The number of nitrogens with zero attached hydrogens (tertiary/aromatic N) is 1. The van der Waals surface area contributed by atoms with Crippen molar-refractivity contribution < 1.29 is 4.79 Å². The summed E-state index contributed by atoms with van der Waals surface area (Å²) in [6.07, 6.45) is 1.34. The van der Waals surface area contributed by atoms with Gasteiger partial charge in [-0.05, 0) is 38.2 Å². The molecule has 4 nitrogen and oxygen atoms in total. The molecule has 1 heterocycles. The van der Waals surface area contributed by atoms with Crippen LogP contribution in [0.1, 0.15) is 12.0 Å². The Morgan fingerprint density at radius 2 is 2.17 bits per heavy atom. The third kappa shape index (κ3) is 3.17. The molecule has 5 heteroatoms. The number of amides is 1. The van der Waals surface area contributed by atoms with Crippen molar-refractivity contribution in [1.82, 2.24) is 4.90 Å². The quantitative estimate of drug-likeness (QED) is 0.644. The van der Waals surface area contributed by atoms with E-state index >= 15 is 0 Å². The Kier molecular flexibility index (Phi) is 4.14. The van der Waals surface area contributed by atoms with Gasteiger partial charge in [0.2, 0.25) is 5.91 Å². The first-order valence-corrected chi connectivity index (χ1v) is 7.04. The number of nitrogens with two attached hydrogens (primary N) is 1. The highest BCUT2D eigenvalue weighted by Crippen LogP contribution is 2.33. The zero-order valence-corrected chi connectivity index (χ0v) is 11.6. The van der Waals surface area contributed by atoms with Crippen LogP contribution in [0.3, 0.4) is 0 Å². The minimum atomic E-state index is 0.0940. The maximum Gasteiger partial charge on any atom is 0.224 e. The van der Waals surface area contributed by atoms with E-state index in [0.29, 0.717) is 6.42 Å². The van der Waals surface area contributed by atoms with Gasteiger partial charge in [-0.3, -0.25) is 4.79 Å². The molecule has 98 valence electrons. The van der Waals surface area contributed by atoms with Gasteiger partial charge >= 0.3 is 0 Å². The van der Waals surface area contributed by atoms with Crippen LogP contribution >= 0.6 is 11.8 Å². The van der Waals surface area contributed by atoms with Crippen molar-refractivity contribution in [3.05, 3.63) is 17.7 Å². The van der Waals surface area contributed by atoms with E-state index in [2.05, 4.69) is 24.3 Å². The van der Waals surface area contributed by atoms with Gasteiger partial charge in [-0.25, -0.2) is 0 Å². The Morgan fingerprint density at radius 3 is 2.89 bits per heavy atom. The van der Waals surface area contributed by atoms with Crippen LogP contribution in [-0.2, 0) is 11.2 Å². The van der Waals surface area contributed by atoms with E-state index < -0.39 is 0 Å². The van der Waals surface area contributed by atoms with Crippen LogP contribution in [-0.4, -0.2) is 37.2 Å². The fourth-order valence-electron chi connectivity index (χ4n) is 1.89. The SMILES string of the molecule is CN(C)CCSc1cc2c(cc1N)CCC(=O)N2. The zero-order chi connectivity index (χ0) is 13.1. The molecular formula is C13H19N3OS. The molecule has 1 aliphatic heterocycles. The van der Waals surface area contributed by atoms with Crippen molar-refractivity contribution in [2.24, 2.45) is 0 Å². The Bertz CT molecular complexity index is 460. The van der Waals surface area contributed by atoms with Crippen molar-refractivity contribution in [2.45, 2.75) is 17.7 Å². The number of carbonyl (C=O) groups excluding carboxylic acids is 1. The van der Waals surface area contributed by atoms with Gasteiger partial charge in [0.15, 0.2) is 0 Å². The summed E-state index contributed by atoms with van der Waals surface area (Å²) in [5, 5.41) is 2.91. The molecule has 0 unspecified atom stereocenters. The highest BCUT2D eigenvalue weighted by molar-refractivity contribution is 7.99. The summed E-state index contributed by atoms with van der Waals surface area (Å²) in [4.78, 5) is 14.6. The highest BCUT2D eigenvalue weighted by Gasteiger charge is 2.16. The van der Waals surface area contributed by atoms with Gasteiger partial charge in [0.1, 0.15) is 0 Å². The Labute approximate surface area is 112 Å². The second-order valence-electron chi connectivity index (χ2n) is 4.75. The molecule has 1 aliphatic rings. The van der Waals surface area contributed by atoms with Crippen LogP contribution in [0.25, 0.3) is 0 Å². The molecule has 0 aromatic heterocycles. The van der Waals surface area contributed by atoms with E-state index in [-0.39, 0.29) is 5.91 Å². The first-order valence-electron chi connectivity index (χ1n) is 6.06. The number of benzene rings is 1. The Balaban J connectivity index is 2.11. The molecule has 18 heavy (non-hydrogen) atoms.